The van der Waals surface area contributed by atoms with E-state index in [1.165, 1.54) is 0 Å². The quantitative estimate of drug-likeness (QED) is 0.476. The van der Waals surface area contributed by atoms with Gasteiger partial charge in [-0.1, -0.05) is 42.5 Å². The highest BCUT2D eigenvalue weighted by Gasteiger charge is 1.95. The molecule has 2 rings (SSSR count). The maximum atomic E-state index is 11.8. The molecule has 0 bridgehead atoms. The van der Waals surface area contributed by atoms with Crippen molar-refractivity contribution in [2.45, 2.75) is 0 Å². The van der Waals surface area contributed by atoms with E-state index < -0.39 is 0 Å². The van der Waals surface area contributed by atoms with Gasteiger partial charge in [0.15, 0.2) is 0 Å². The number of hydrogen-bond acceptors (Lipinski definition) is 2. The number of benzene rings is 2. The zero-order valence-corrected chi connectivity index (χ0v) is 10.6. The third kappa shape index (κ3) is 2.61. The first-order valence-electron chi connectivity index (χ1n) is 4.83. The molecule has 16 heavy (non-hydrogen) atoms. The van der Waals surface area contributed by atoms with Crippen LogP contribution in [-0.2, 0) is 0 Å². The van der Waals surface area contributed by atoms with Gasteiger partial charge in [0, 0.05) is 3.57 Å². The molecular weight excluding hydrogens is 313 g/mol. The van der Waals surface area contributed by atoms with Crippen molar-refractivity contribution in [2.24, 2.45) is 4.99 Å². The molecule has 0 atom stereocenters. The number of para-hydroxylation sites is 1. The molecule has 0 heterocycles. The van der Waals surface area contributed by atoms with E-state index in [1.807, 2.05) is 42.5 Å². The van der Waals surface area contributed by atoms with Crippen LogP contribution in [0.15, 0.2) is 59.6 Å². The highest BCUT2D eigenvalue weighted by atomic mass is 127. The number of nitrogens with zero attached hydrogens (tertiary/aromatic N) is 1. The molecule has 3 heteroatoms. The molecule has 0 N–H and O–H groups in total. The first-order valence-corrected chi connectivity index (χ1v) is 5.91. The maximum absolute atomic E-state index is 11.8. The lowest BCUT2D eigenvalue weighted by Gasteiger charge is -2.10. The Kier molecular flexibility index (Phi) is 3.56. The monoisotopic (exact) mass is 322 g/mol. The van der Waals surface area contributed by atoms with E-state index in [2.05, 4.69) is 27.6 Å². The molecular formula is C13H9INO-. The molecule has 0 aliphatic carbocycles. The van der Waals surface area contributed by atoms with Crippen LogP contribution >= 0.6 is 22.6 Å². The van der Waals surface area contributed by atoms with Gasteiger partial charge in [0.1, 0.15) is 0 Å². The van der Waals surface area contributed by atoms with Crippen LogP contribution in [0.3, 0.4) is 0 Å². The summed E-state index contributed by atoms with van der Waals surface area (Å²) in [6.45, 7) is 0. The molecule has 80 valence electrons. The lowest BCUT2D eigenvalue weighted by Crippen LogP contribution is -2.18. The van der Waals surface area contributed by atoms with Crippen molar-refractivity contribution >= 4 is 34.2 Å². The lowest BCUT2D eigenvalue weighted by atomic mass is 10.2. The summed E-state index contributed by atoms with van der Waals surface area (Å²) in [6.07, 6.45) is 0. The van der Waals surface area contributed by atoms with Crippen molar-refractivity contribution < 1.29 is 5.11 Å². The van der Waals surface area contributed by atoms with E-state index in [0.29, 0.717) is 5.56 Å². The second-order valence-corrected chi connectivity index (χ2v) is 4.40. The summed E-state index contributed by atoms with van der Waals surface area (Å²) in [5.74, 6) is -0.204. The van der Waals surface area contributed by atoms with E-state index in [1.54, 1.807) is 12.1 Å². The molecule has 0 unspecified atom stereocenters. The maximum Gasteiger partial charge on any atom is 0.0755 e. The van der Waals surface area contributed by atoms with Crippen LogP contribution in [0, 0.1) is 3.57 Å². The van der Waals surface area contributed by atoms with E-state index in [4.69, 9.17) is 0 Å². The van der Waals surface area contributed by atoms with Crippen LogP contribution in [0.25, 0.3) is 0 Å². The molecule has 2 aromatic rings. The summed E-state index contributed by atoms with van der Waals surface area (Å²) in [5, 5.41) is 11.8. The molecule has 0 saturated carbocycles. The van der Waals surface area contributed by atoms with Crippen molar-refractivity contribution in [3.05, 3.63) is 63.7 Å². The lowest BCUT2D eigenvalue weighted by molar-refractivity contribution is -0.212. The van der Waals surface area contributed by atoms with Crippen molar-refractivity contribution in [2.75, 3.05) is 0 Å². The predicted octanol–water partition coefficient (Wildman–Crippen LogP) is 2.73. The number of hydrogen-bond donors (Lipinski definition) is 0. The molecule has 0 aliphatic heterocycles. The van der Waals surface area contributed by atoms with Crippen LogP contribution < -0.4 is 5.11 Å². The van der Waals surface area contributed by atoms with Gasteiger partial charge in [-0.05, 0) is 46.2 Å². The molecule has 0 aromatic heterocycles. The topological polar surface area (TPSA) is 35.4 Å². The van der Waals surface area contributed by atoms with Crippen molar-refractivity contribution in [1.29, 1.82) is 0 Å². The largest absolute Gasteiger partial charge is 0.858 e. The number of rotatable bonds is 2. The molecule has 0 aliphatic rings. The molecule has 0 amide bonds. The summed E-state index contributed by atoms with van der Waals surface area (Å²) in [6, 6.07) is 16.6. The van der Waals surface area contributed by atoms with Crippen molar-refractivity contribution in [3.8, 4) is 0 Å². The van der Waals surface area contributed by atoms with Crippen molar-refractivity contribution in [3.63, 3.8) is 0 Å². The molecule has 2 nitrogen and oxygen atoms in total. The molecule has 0 radical (unpaired) electrons. The van der Waals surface area contributed by atoms with Gasteiger partial charge in [0.2, 0.25) is 0 Å². The highest BCUT2D eigenvalue weighted by molar-refractivity contribution is 14.1. The molecule has 0 spiro atoms. The van der Waals surface area contributed by atoms with Gasteiger partial charge in [-0.3, -0.25) is 4.99 Å². The normalized spacial score (nSPS) is 11.4. The van der Waals surface area contributed by atoms with Gasteiger partial charge < -0.3 is 5.11 Å². The number of aliphatic imine (C=N–C) groups is 1. The standard InChI is InChI=1S/C13H10INO/c14-11-8-4-5-9-12(11)15-13(16)10-6-2-1-3-7-10/h1-9H,(H,15,16)/p-1. The fourth-order valence-corrected chi connectivity index (χ4v) is 1.81. The third-order valence-electron chi connectivity index (χ3n) is 2.10. The van der Waals surface area contributed by atoms with Crippen LogP contribution in [0.1, 0.15) is 5.56 Å². The first kappa shape index (κ1) is 11.1. The molecule has 2 aromatic carbocycles. The second kappa shape index (κ2) is 5.12. The zero-order valence-electron chi connectivity index (χ0n) is 8.43. The van der Waals surface area contributed by atoms with Gasteiger partial charge in [-0.15, -0.1) is 0 Å². The Hall–Kier alpha value is -1.36. The average Bonchev–Trinajstić information content (AvgIpc) is 2.33. The molecule has 0 saturated heterocycles. The van der Waals surface area contributed by atoms with E-state index >= 15 is 0 Å². The van der Waals surface area contributed by atoms with Crippen LogP contribution in [0.4, 0.5) is 5.69 Å². The van der Waals surface area contributed by atoms with Crippen LogP contribution in [0.2, 0.25) is 0 Å². The SMILES string of the molecule is [O-]C(=Nc1ccccc1I)c1ccccc1. The Morgan fingerprint density at radius 2 is 1.56 bits per heavy atom. The summed E-state index contributed by atoms with van der Waals surface area (Å²) >= 11 is 2.17. The minimum absolute atomic E-state index is 0.204. The van der Waals surface area contributed by atoms with Gasteiger partial charge in [0.25, 0.3) is 0 Å². The van der Waals surface area contributed by atoms with Crippen molar-refractivity contribution in [1.82, 2.24) is 0 Å². The van der Waals surface area contributed by atoms with E-state index in [0.717, 1.165) is 9.26 Å². The number of halogens is 1. The smallest absolute Gasteiger partial charge is 0.0755 e. The highest BCUT2D eigenvalue weighted by Crippen LogP contribution is 2.20. The summed E-state index contributed by atoms with van der Waals surface area (Å²) in [5.41, 5.74) is 1.33. The van der Waals surface area contributed by atoms with Gasteiger partial charge in [0.05, 0.1) is 5.69 Å². The Balaban J connectivity index is 2.36. The van der Waals surface area contributed by atoms with Crippen LogP contribution in [0.5, 0.6) is 0 Å². The van der Waals surface area contributed by atoms with Gasteiger partial charge in [-0.2, -0.15) is 0 Å². The predicted molar refractivity (Wildman–Crippen MR) is 71.8 cm³/mol. The molecule has 0 fully saturated rings. The fourth-order valence-electron chi connectivity index (χ4n) is 1.30. The van der Waals surface area contributed by atoms with E-state index in [9.17, 15) is 5.11 Å². The van der Waals surface area contributed by atoms with Crippen LogP contribution in [-0.4, -0.2) is 5.90 Å². The fraction of sp³-hybridized carbons (Fsp3) is 0. The Morgan fingerprint density at radius 1 is 0.938 bits per heavy atom. The summed E-state index contributed by atoms with van der Waals surface area (Å²) in [4.78, 5) is 4.08. The second-order valence-electron chi connectivity index (χ2n) is 3.23. The summed E-state index contributed by atoms with van der Waals surface area (Å²) < 4.78 is 0.976. The summed E-state index contributed by atoms with van der Waals surface area (Å²) in [7, 11) is 0. The minimum atomic E-state index is -0.204. The minimum Gasteiger partial charge on any atom is -0.858 e. The average molecular weight is 322 g/mol. The Labute approximate surface area is 108 Å². The van der Waals surface area contributed by atoms with E-state index in [-0.39, 0.29) is 5.90 Å². The Morgan fingerprint density at radius 3 is 2.25 bits per heavy atom. The van der Waals surface area contributed by atoms with Gasteiger partial charge >= 0.3 is 0 Å². The van der Waals surface area contributed by atoms with Gasteiger partial charge in [-0.25, -0.2) is 0 Å². The first-order chi connectivity index (χ1) is 7.77. The third-order valence-corrected chi connectivity index (χ3v) is 3.01. The zero-order chi connectivity index (χ0) is 11.4. The Bertz CT molecular complexity index is 508.